The van der Waals surface area contributed by atoms with E-state index >= 15 is 0 Å². The lowest BCUT2D eigenvalue weighted by Gasteiger charge is -2.37. The molecule has 3 aliphatic heterocycles. The maximum absolute atomic E-state index is 5.88. The molecule has 0 aromatic rings. The minimum atomic E-state index is 0.541. The molecule has 3 rings (SSSR count). The summed E-state index contributed by atoms with van der Waals surface area (Å²) in [6, 6.07) is 0.723. The summed E-state index contributed by atoms with van der Waals surface area (Å²) in [5.74, 6) is 0.906. The van der Waals surface area contributed by atoms with Gasteiger partial charge < -0.3 is 10.1 Å². The zero-order valence-electron chi connectivity index (χ0n) is 10.3. The topological polar surface area (TPSA) is 24.5 Å². The Balaban J connectivity index is 1.51. The molecule has 0 radical (unpaired) electrons. The fourth-order valence-corrected chi connectivity index (χ4v) is 3.52. The molecule has 3 heterocycles. The lowest BCUT2D eigenvalue weighted by molar-refractivity contribution is -0.0417. The predicted molar refractivity (Wildman–Crippen MR) is 64.5 cm³/mol. The van der Waals surface area contributed by atoms with E-state index in [9.17, 15) is 0 Å². The number of hydrogen-bond acceptors (Lipinski definition) is 3. The number of piperidine rings is 1. The largest absolute Gasteiger partial charge is 0.372 e. The molecule has 4 atom stereocenters. The molecule has 3 fully saturated rings. The van der Waals surface area contributed by atoms with Gasteiger partial charge in [-0.2, -0.15) is 0 Å². The van der Waals surface area contributed by atoms with Crippen molar-refractivity contribution < 1.29 is 4.74 Å². The van der Waals surface area contributed by atoms with E-state index in [1.165, 1.54) is 51.9 Å². The van der Waals surface area contributed by atoms with E-state index in [1.54, 1.807) is 0 Å². The normalized spacial score (nSPS) is 44.8. The van der Waals surface area contributed by atoms with Crippen molar-refractivity contribution in [1.82, 2.24) is 10.2 Å². The molecule has 16 heavy (non-hydrogen) atoms. The highest BCUT2D eigenvalue weighted by atomic mass is 16.5. The second kappa shape index (κ2) is 4.63. The van der Waals surface area contributed by atoms with Crippen LogP contribution in [-0.2, 0) is 4.74 Å². The lowest BCUT2D eigenvalue weighted by Crippen LogP contribution is -2.50. The van der Waals surface area contributed by atoms with Gasteiger partial charge in [-0.15, -0.1) is 0 Å². The molecule has 0 aliphatic carbocycles. The summed E-state index contributed by atoms with van der Waals surface area (Å²) in [7, 11) is 0. The Morgan fingerprint density at radius 2 is 1.94 bits per heavy atom. The average molecular weight is 224 g/mol. The first-order valence-electron chi connectivity index (χ1n) is 6.91. The van der Waals surface area contributed by atoms with Crippen LogP contribution in [0.3, 0.4) is 0 Å². The first-order valence-corrected chi connectivity index (χ1v) is 6.91. The zero-order chi connectivity index (χ0) is 11.0. The van der Waals surface area contributed by atoms with Crippen LogP contribution in [0.25, 0.3) is 0 Å². The first kappa shape index (κ1) is 11.0. The Hall–Kier alpha value is -0.120. The summed E-state index contributed by atoms with van der Waals surface area (Å²) in [5, 5.41) is 3.66. The summed E-state index contributed by atoms with van der Waals surface area (Å²) in [5.41, 5.74) is 0. The fraction of sp³-hybridized carbons (Fsp3) is 1.00. The summed E-state index contributed by atoms with van der Waals surface area (Å²) >= 11 is 0. The number of likely N-dealkylation sites (tertiary alicyclic amines) is 1. The third kappa shape index (κ3) is 2.41. The quantitative estimate of drug-likeness (QED) is 0.764. The van der Waals surface area contributed by atoms with Crippen LogP contribution in [0.4, 0.5) is 0 Å². The van der Waals surface area contributed by atoms with Crippen molar-refractivity contribution in [2.24, 2.45) is 5.92 Å². The fourth-order valence-electron chi connectivity index (χ4n) is 3.52. The molecule has 3 nitrogen and oxygen atoms in total. The van der Waals surface area contributed by atoms with Gasteiger partial charge in [0.25, 0.3) is 0 Å². The van der Waals surface area contributed by atoms with Crippen LogP contribution in [0, 0.1) is 5.92 Å². The molecule has 1 N–H and O–H groups in total. The van der Waals surface area contributed by atoms with Gasteiger partial charge in [-0.1, -0.05) is 6.92 Å². The Labute approximate surface area is 98.5 Å². The first-order chi connectivity index (χ1) is 7.79. The van der Waals surface area contributed by atoms with E-state index in [1.807, 2.05) is 0 Å². The molecular formula is C13H24N2O. The number of morpholine rings is 1. The van der Waals surface area contributed by atoms with Gasteiger partial charge >= 0.3 is 0 Å². The number of rotatable bonds is 2. The number of nitrogens with zero attached hydrogens (tertiary/aromatic N) is 1. The number of hydrogen-bond donors (Lipinski definition) is 1. The maximum atomic E-state index is 5.88. The SMILES string of the molecule is CC1CCNC(CN2CC3CCC(C2)O3)C1. The van der Waals surface area contributed by atoms with E-state index < -0.39 is 0 Å². The Bertz CT molecular complexity index is 234. The summed E-state index contributed by atoms with van der Waals surface area (Å²) in [6.07, 6.45) is 6.36. The lowest BCUT2D eigenvalue weighted by atomic mass is 9.94. The number of nitrogens with one attached hydrogen (secondary N) is 1. The van der Waals surface area contributed by atoms with E-state index in [0.29, 0.717) is 12.2 Å². The highest BCUT2D eigenvalue weighted by Crippen LogP contribution is 2.27. The monoisotopic (exact) mass is 224 g/mol. The molecule has 0 amide bonds. The van der Waals surface area contributed by atoms with Crippen LogP contribution >= 0.6 is 0 Å². The van der Waals surface area contributed by atoms with Crippen molar-refractivity contribution in [3.05, 3.63) is 0 Å². The van der Waals surface area contributed by atoms with E-state index in [-0.39, 0.29) is 0 Å². The minimum absolute atomic E-state index is 0.541. The second-order valence-electron chi connectivity index (χ2n) is 5.96. The minimum Gasteiger partial charge on any atom is -0.372 e. The standard InChI is InChI=1S/C13H24N2O/c1-10-4-5-14-11(6-10)7-15-8-12-2-3-13(9-15)16-12/h10-14H,2-9H2,1H3. The molecule has 0 spiro atoms. The van der Waals surface area contributed by atoms with Crippen molar-refractivity contribution in [2.45, 2.75) is 50.9 Å². The molecule has 92 valence electrons. The second-order valence-corrected chi connectivity index (χ2v) is 5.96. The molecule has 0 saturated carbocycles. The van der Waals surface area contributed by atoms with Crippen LogP contribution in [0.1, 0.15) is 32.6 Å². The van der Waals surface area contributed by atoms with Gasteiger partial charge in [-0.25, -0.2) is 0 Å². The molecular weight excluding hydrogens is 200 g/mol. The number of ether oxygens (including phenoxy) is 1. The molecule has 0 aromatic carbocycles. The third-order valence-electron chi connectivity index (χ3n) is 4.35. The zero-order valence-corrected chi connectivity index (χ0v) is 10.3. The van der Waals surface area contributed by atoms with Crippen molar-refractivity contribution in [3.8, 4) is 0 Å². The van der Waals surface area contributed by atoms with Gasteiger partial charge in [0, 0.05) is 25.7 Å². The van der Waals surface area contributed by atoms with Gasteiger partial charge in [0.2, 0.25) is 0 Å². The summed E-state index contributed by atoms with van der Waals surface area (Å²) < 4.78 is 5.88. The van der Waals surface area contributed by atoms with Crippen LogP contribution in [0.5, 0.6) is 0 Å². The van der Waals surface area contributed by atoms with Crippen molar-refractivity contribution in [1.29, 1.82) is 0 Å². The highest BCUT2D eigenvalue weighted by Gasteiger charge is 2.34. The van der Waals surface area contributed by atoms with Crippen LogP contribution < -0.4 is 5.32 Å². The van der Waals surface area contributed by atoms with Crippen LogP contribution in [0.2, 0.25) is 0 Å². The summed E-state index contributed by atoms with van der Waals surface area (Å²) in [6.45, 7) is 7.17. The van der Waals surface area contributed by atoms with E-state index in [0.717, 1.165) is 12.0 Å². The van der Waals surface area contributed by atoms with Gasteiger partial charge in [-0.3, -0.25) is 4.90 Å². The average Bonchev–Trinajstić information content (AvgIpc) is 2.58. The van der Waals surface area contributed by atoms with E-state index in [2.05, 4.69) is 17.1 Å². The van der Waals surface area contributed by atoms with Crippen LogP contribution in [-0.4, -0.2) is 49.3 Å². The van der Waals surface area contributed by atoms with Crippen molar-refractivity contribution in [2.75, 3.05) is 26.2 Å². The Morgan fingerprint density at radius 3 is 2.62 bits per heavy atom. The molecule has 2 bridgehead atoms. The Kier molecular flexibility index (Phi) is 3.18. The maximum Gasteiger partial charge on any atom is 0.0707 e. The molecule has 3 saturated heterocycles. The third-order valence-corrected chi connectivity index (χ3v) is 4.35. The van der Waals surface area contributed by atoms with E-state index in [4.69, 9.17) is 4.74 Å². The molecule has 3 aliphatic rings. The predicted octanol–water partition coefficient (Wildman–Crippen LogP) is 1.24. The van der Waals surface area contributed by atoms with Gasteiger partial charge in [0.05, 0.1) is 12.2 Å². The molecule has 3 heteroatoms. The van der Waals surface area contributed by atoms with Gasteiger partial charge in [-0.05, 0) is 38.1 Å². The number of fused-ring (bicyclic) bond motifs is 2. The smallest absolute Gasteiger partial charge is 0.0707 e. The molecule has 0 aromatic heterocycles. The summed E-state index contributed by atoms with van der Waals surface area (Å²) in [4.78, 5) is 2.63. The van der Waals surface area contributed by atoms with Gasteiger partial charge in [0.15, 0.2) is 0 Å². The van der Waals surface area contributed by atoms with Crippen molar-refractivity contribution in [3.63, 3.8) is 0 Å². The Morgan fingerprint density at radius 1 is 1.19 bits per heavy atom. The van der Waals surface area contributed by atoms with Gasteiger partial charge in [0.1, 0.15) is 0 Å². The highest BCUT2D eigenvalue weighted by molar-refractivity contribution is 4.88. The van der Waals surface area contributed by atoms with Crippen LogP contribution in [0.15, 0.2) is 0 Å². The molecule has 4 unspecified atom stereocenters. The van der Waals surface area contributed by atoms with Crippen molar-refractivity contribution >= 4 is 0 Å².